The SMILES string of the molecule is COc1ccc(Cn2cnc3c(-c4ccco4)nc(NC(C)=O)nc32)cc1. The van der Waals surface area contributed by atoms with E-state index in [1.165, 1.54) is 6.92 Å². The number of furan rings is 1. The van der Waals surface area contributed by atoms with Gasteiger partial charge in [-0.3, -0.25) is 10.1 Å². The fraction of sp³-hybridized carbons (Fsp3) is 0.158. The topological polar surface area (TPSA) is 95.1 Å². The molecule has 0 saturated heterocycles. The van der Waals surface area contributed by atoms with Gasteiger partial charge in [-0.05, 0) is 29.8 Å². The Kier molecular flexibility index (Phi) is 4.29. The highest BCUT2D eigenvalue weighted by atomic mass is 16.5. The number of imidazole rings is 1. The van der Waals surface area contributed by atoms with Crippen molar-refractivity contribution in [1.82, 2.24) is 19.5 Å². The van der Waals surface area contributed by atoms with Crippen molar-refractivity contribution in [3.63, 3.8) is 0 Å². The molecule has 8 heteroatoms. The molecule has 3 aromatic heterocycles. The largest absolute Gasteiger partial charge is 0.497 e. The quantitative estimate of drug-likeness (QED) is 0.585. The Balaban J connectivity index is 1.79. The number of methoxy groups -OCH3 is 1. The second-order valence-corrected chi connectivity index (χ2v) is 5.95. The molecule has 1 aromatic carbocycles. The summed E-state index contributed by atoms with van der Waals surface area (Å²) in [5.41, 5.74) is 2.81. The number of nitrogens with one attached hydrogen (secondary N) is 1. The highest BCUT2D eigenvalue weighted by Crippen LogP contribution is 2.27. The molecule has 0 saturated carbocycles. The maximum atomic E-state index is 11.5. The Labute approximate surface area is 154 Å². The Morgan fingerprint density at radius 2 is 2.04 bits per heavy atom. The van der Waals surface area contributed by atoms with E-state index in [4.69, 9.17) is 9.15 Å². The van der Waals surface area contributed by atoms with Crippen LogP contribution < -0.4 is 10.1 Å². The van der Waals surface area contributed by atoms with Crippen LogP contribution >= 0.6 is 0 Å². The Hall–Kier alpha value is -3.68. The number of fused-ring (bicyclic) bond motifs is 1. The molecule has 0 spiro atoms. The van der Waals surface area contributed by atoms with Crippen LogP contribution in [-0.4, -0.2) is 32.5 Å². The second kappa shape index (κ2) is 6.91. The van der Waals surface area contributed by atoms with E-state index >= 15 is 0 Å². The molecule has 0 fully saturated rings. The molecule has 136 valence electrons. The predicted octanol–water partition coefficient (Wildman–Crippen LogP) is 3.10. The van der Waals surface area contributed by atoms with E-state index in [-0.39, 0.29) is 11.9 Å². The first-order valence-electron chi connectivity index (χ1n) is 8.31. The van der Waals surface area contributed by atoms with Crippen LogP contribution in [0.15, 0.2) is 53.4 Å². The van der Waals surface area contributed by atoms with E-state index in [1.54, 1.807) is 31.8 Å². The van der Waals surface area contributed by atoms with Crippen LogP contribution in [0.4, 0.5) is 5.95 Å². The molecule has 0 unspecified atom stereocenters. The van der Waals surface area contributed by atoms with Crippen molar-refractivity contribution in [3.8, 4) is 17.2 Å². The lowest BCUT2D eigenvalue weighted by atomic mass is 10.2. The Morgan fingerprint density at radius 3 is 2.70 bits per heavy atom. The molecular formula is C19H17N5O3. The number of aromatic nitrogens is 4. The summed E-state index contributed by atoms with van der Waals surface area (Å²) in [7, 11) is 1.63. The van der Waals surface area contributed by atoms with Crippen LogP contribution in [0.5, 0.6) is 5.75 Å². The molecule has 0 aliphatic rings. The van der Waals surface area contributed by atoms with E-state index in [0.717, 1.165) is 11.3 Å². The summed E-state index contributed by atoms with van der Waals surface area (Å²) in [6.45, 7) is 1.98. The van der Waals surface area contributed by atoms with Crippen molar-refractivity contribution < 1.29 is 13.9 Å². The zero-order chi connectivity index (χ0) is 18.8. The summed E-state index contributed by atoms with van der Waals surface area (Å²) in [6, 6.07) is 11.3. The predicted molar refractivity (Wildman–Crippen MR) is 99.4 cm³/mol. The molecule has 8 nitrogen and oxygen atoms in total. The summed E-state index contributed by atoms with van der Waals surface area (Å²) in [6.07, 6.45) is 3.27. The smallest absolute Gasteiger partial charge is 0.232 e. The zero-order valence-electron chi connectivity index (χ0n) is 14.8. The lowest BCUT2D eigenvalue weighted by Gasteiger charge is -2.08. The number of carbonyl (C=O) groups is 1. The van der Waals surface area contributed by atoms with Crippen molar-refractivity contribution in [2.75, 3.05) is 12.4 Å². The normalized spacial score (nSPS) is 10.9. The molecule has 27 heavy (non-hydrogen) atoms. The maximum Gasteiger partial charge on any atom is 0.232 e. The van der Waals surface area contributed by atoms with Gasteiger partial charge >= 0.3 is 0 Å². The monoisotopic (exact) mass is 363 g/mol. The van der Waals surface area contributed by atoms with Crippen LogP contribution in [0.2, 0.25) is 0 Å². The number of amides is 1. The third kappa shape index (κ3) is 3.37. The maximum absolute atomic E-state index is 11.5. The summed E-state index contributed by atoms with van der Waals surface area (Å²) >= 11 is 0. The minimum absolute atomic E-state index is 0.206. The minimum atomic E-state index is -0.249. The van der Waals surface area contributed by atoms with Gasteiger partial charge in [0.15, 0.2) is 11.4 Å². The zero-order valence-corrected chi connectivity index (χ0v) is 14.8. The number of carbonyl (C=O) groups excluding carboxylic acids is 1. The van der Waals surface area contributed by atoms with Crippen molar-refractivity contribution in [2.24, 2.45) is 0 Å². The molecule has 0 bridgehead atoms. The van der Waals surface area contributed by atoms with Crippen molar-refractivity contribution >= 4 is 23.0 Å². The molecule has 4 aromatic rings. The highest BCUT2D eigenvalue weighted by Gasteiger charge is 2.17. The summed E-state index contributed by atoms with van der Waals surface area (Å²) in [5.74, 6) is 1.31. The summed E-state index contributed by atoms with van der Waals surface area (Å²) in [4.78, 5) is 24.8. The van der Waals surface area contributed by atoms with Crippen LogP contribution in [-0.2, 0) is 11.3 Å². The van der Waals surface area contributed by atoms with Crippen molar-refractivity contribution in [3.05, 3.63) is 54.6 Å². The van der Waals surface area contributed by atoms with Crippen LogP contribution in [0.25, 0.3) is 22.6 Å². The number of rotatable bonds is 5. The van der Waals surface area contributed by atoms with Gasteiger partial charge in [-0.15, -0.1) is 0 Å². The van der Waals surface area contributed by atoms with E-state index in [1.807, 2.05) is 28.8 Å². The number of ether oxygens (including phenoxy) is 1. The molecule has 0 aliphatic heterocycles. The third-order valence-electron chi connectivity index (χ3n) is 4.02. The highest BCUT2D eigenvalue weighted by molar-refractivity contribution is 5.91. The number of nitrogens with zero attached hydrogens (tertiary/aromatic N) is 4. The van der Waals surface area contributed by atoms with Gasteiger partial charge in [-0.2, -0.15) is 4.98 Å². The lowest BCUT2D eigenvalue weighted by molar-refractivity contribution is -0.114. The summed E-state index contributed by atoms with van der Waals surface area (Å²) in [5, 5.41) is 2.63. The van der Waals surface area contributed by atoms with E-state index in [9.17, 15) is 4.79 Å². The molecule has 0 aliphatic carbocycles. The number of hydrogen-bond acceptors (Lipinski definition) is 6. The van der Waals surface area contributed by atoms with Gasteiger partial charge in [0.2, 0.25) is 11.9 Å². The second-order valence-electron chi connectivity index (χ2n) is 5.95. The number of benzene rings is 1. The van der Waals surface area contributed by atoms with Gasteiger partial charge in [-0.1, -0.05) is 12.1 Å². The van der Waals surface area contributed by atoms with Gasteiger partial charge in [-0.25, -0.2) is 9.97 Å². The Morgan fingerprint density at radius 1 is 1.22 bits per heavy atom. The average molecular weight is 363 g/mol. The summed E-state index contributed by atoms with van der Waals surface area (Å²) < 4.78 is 12.6. The van der Waals surface area contributed by atoms with Crippen LogP contribution in [0.1, 0.15) is 12.5 Å². The first kappa shape index (κ1) is 16.8. The average Bonchev–Trinajstić information content (AvgIpc) is 3.32. The Bertz CT molecular complexity index is 1080. The number of anilines is 1. The first-order valence-corrected chi connectivity index (χ1v) is 8.31. The van der Waals surface area contributed by atoms with Crippen LogP contribution in [0.3, 0.4) is 0 Å². The van der Waals surface area contributed by atoms with E-state index in [0.29, 0.717) is 29.2 Å². The van der Waals surface area contributed by atoms with E-state index in [2.05, 4.69) is 20.3 Å². The molecule has 1 N–H and O–H groups in total. The number of hydrogen-bond donors (Lipinski definition) is 1. The van der Waals surface area contributed by atoms with Gasteiger partial charge in [0.05, 0.1) is 26.2 Å². The molecule has 0 atom stereocenters. The van der Waals surface area contributed by atoms with E-state index < -0.39 is 0 Å². The van der Waals surface area contributed by atoms with Gasteiger partial charge in [0.1, 0.15) is 17.0 Å². The van der Waals surface area contributed by atoms with Crippen molar-refractivity contribution in [2.45, 2.75) is 13.5 Å². The third-order valence-corrected chi connectivity index (χ3v) is 4.02. The first-order chi connectivity index (χ1) is 13.1. The fourth-order valence-corrected chi connectivity index (χ4v) is 2.79. The standard InChI is InChI=1S/C19H17N5O3/c1-12(25)21-19-22-16(15-4-3-9-27-15)17-18(23-19)24(11-20-17)10-13-5-7-14(26-2)8-6-13/h3-9,11H,10H2,1-2H3,(H,21,22,23,25). The van der Waals surface area contributed by atoms with Gasteiger partial charge < -0.3 is 13.7 Å². The lowest BCUT2D eigenvalue weighted by Crippen LogP contribution is -2.11. The molecule has 4 rings (SSSR count). The molecule has 0 radical (unpaired) electrons. The fourth-order valence-electron chi connectivity index (χ4n) is 2.79. The van der Waals surface area contributed by atoms with Gasteiger partial charge in [0.25, 0.3) is 0 Å². The molecule has 1 amide bonds. The molecular weight excluding hydrogens is 346 g/mol. The molecule has 3 heterocycles. The van der Waals surface area contributed by atoms with Crippen molar-refractivity contribution in [1.29, 1.82) is 0 Å². The van der Waals surface area contributed by atoms with Gasteiger partial charge in [0, 0.05) is 6.92 Å². The minimum Gasteiger partial charge on any atom is -0.497 e. The van der Waals surface area contributed by atoms with Crippen LogP contribution in [0, 0.1) is 0 Å².